The van der Waals surface area contributed by atoms with Crippen LogP contribution in [-0.4, -0.2) is 33.9 Å². The SMILES string of the molecule is CCNC(=NCc1ccc(-n2cncn2)cc1)NCc1ccccc1OCC1CC1. The normalized spacial score (nSPS) is 13.8. The Morgan fingerprint density at radius 2 is 1.97 bits per heavy atom. The van der Waals surface area contributed by atoms with Crippen molar-refractivity contribution in [2.75, 3.05) is 13.2 Å². The van der Waals surface area contributed by atoms with Crippen molar-refractivity contribution >= 4 is 5.96 Å². The molecule has 0 radical (unpaired) electrons. The molecule has 156 valence electrons. The summed E-state index contributed by atoms with van der Waals surface area (Å²) in [5.74, 6) is 2.48. The van der Waals surface area contributed by atoms with Crippen LogP contribution >= 0.6 is 0 Å². The largest absolute Gasteiger partial charge is 0.493 e. The van der Waals surface area contributed by atoms with Crippen LogP contribution < -0.4 is 15.4 Å². The lowest BCUT2D eigenvalue weighted by molar-refractivity contribution is 0.296. The number of nitrogens with zero attached hydrogens (tertiary/aromatic N) is 4. The van der Waals surface area contributed by atoms with Gasteiger partial charge in [-0.25, -0.2) is 14.7 Å². The summed E-state index contributed by atoms with van der Waals surface area (Å²) in [5.41, 5.74) is 3.25. The lowest BCUT2D eigenvalue weighted by Crippen LogP contribution is -2.36. The van der Waals surface area contributed by atoms with Crippen molar-refractivity contribution < 1.29 is 4.74 Å². The number of hydrogen-bond donors (Lipinski definition) is 2. The topological polar surface area (TPSA) is 76.4 Å². The minimum absolute atomic E-state index is 0.590. The first-order valence-electron chi connectivity index (χ1n) is 10.5. The molecule has 30 heavy (non-hydrogen) atoms. The smallest absolute Gasteiger partial charge is 0.191 e. The van der Waals surface area contributed by atoms with Crippen LogP contribution in [0.25, 0.3) is 5.69 Å². The van der Waals surface area contributed by atoms with Crippen LogP contribution in [0.3, 0.4) is 0 Å². The first kappa shape index (κ1) is 19.9. The molecule has 0 spiro atoms. The number of nitrogens with one attached hydrogen (secondary N) is 2. The Morgan fingerprint density at radius 1 is 1.13 bits per heavy atom. The predicted octanol–water partition coefficient (Wildman–Crippen LogP) is 3.31. The molecule has 1 fully saturated rings. The van der Waals surface area contributed by atoms with E-state index in [1.165, 1.54) is 19.2 Å². The molecular weight excluding hydrogens is 376 g/mol. The lowest BCUT2D eigenvalue weighted by atomic mass is 10.2. The first-order valence-corrected chi connectivity index (χ1v) is 10.5. The highest BCUT2D eigenvalue weighted by Crippen LogP contribution is 2.30. The van der Waals surface area contributed by atoms with Crippen molar-refractivity contribution in [1.82, 2.24) is 25.4 Å². The van der Waals surface area contributed by atoms with Gasteiger partial charge in [0.2, 0.25) is 0 Å². The van der Waals surface area contributed by atoms with Gasteiger partial charge in [0.05, 0.1) is 18.8 Å². The second-order valence-electron chi connectivity index (χ2n) is 7.42. The first-order chi connectivity index (χ1) is 14.8. The summed E-state index contributed by atoms with van der Waals surface area (Å²) < 4.78 is 7.75. The fourth-order valence-corrected chi connectivity index (χ4v) is 3.07. The number of rotatable bonds is 9. The maximum absolute atomic E-state index is 6.01. The maximum Gasteiger partial charge on any atom is 0.191 e. The van der Waals surface area contributed by atoms with Gasteiger partial charge in [-0.05, 0) is 49.4 Å². The number of ether oxygens (including phenoxy) is 1. The number of hydrogen-bond acceptors (Lipinski definition) is 4. The van der Waals surface area contributed by atoms with Crippen LogP contribution in [-0.2, 0) is 13.1 Å². The molecule has 2 N–H and O–H groups in total. The van der Waals surface area contributed by atoms with E-state index in [0.717, 1.165) is 47.6 Å². The van der Waals surface area contributed by atoms with E-state index in [9.17, 15) is 0 Å². The van der Waals surface area contributed by atoms with Crippen molar-refractivity contribution in [2.45, 2.75) is 32.9 Å². The summed E-state index contributed by atoms with van der Waals surface area (Å²) in [7, 11) is 0. The van der Waals surface area contributed by atoms with Gasteiger partial charge in [-0.1, -0.05) is 30.3 Å². The van der Waals surface area contributed by atoms with Gasteiger partial charge in [0.1, 0.15) is 18.4 Å². The molecule has 4 rings (SSSR count). The third-order valence-corrected chi connectivity index (χ3v) is 4.97. The van der Waals surface area contributed by atoms with Gasteiger partial charge in [0, 0.05) is 18.7 Å². The van der Waals surface area contributed by atoms with Gasteiger partial charge in [0.15, 0.2) is 5.96 Å². The number of guanidine groups is 1. The molecule has 1 heterocycles. The molecule has 7 heteroatoms. The summed E-state index contributed by atoms with van der Waals surface area (Å²) >= 11 is 0. The van der Waals surface area contributed by atoms with E-state index < -0.39 is 0 Å². The van der Waals surface area contributed by atoms with Gasteiger partial charge in [-0.15, -0.1) is 0 Å². The van der Waals surface area contributed by atoms with E-state index in [0.29, 0.717) is 13.1 Å². The van der Waals surface area contributed by atoms with Crippen LogP contribution in [0, 0.1) is 5.92 Å². The Hall–Kier alpha value is -3.35. The Balaban J connectivity index is 1.36. The van der Waals surface area contributed by atoms with Crippen molar-refractivity contribution in [3.8, 4) is 11.4 Å². The van der Waals surface area contributed by atoms with E-state index in [4.69, 9.17) is 9.73 Å². The average Bonchev–Trinajstić information content (AvgIpc) is 3.45. The van der Waals surface area contributed by atoms with E-state index in [1.807, 2.05) is 30.3 Å². The summed E-state index contributed by atoms with van der Waals surface area (Å²) in [6.07, 6.45) is 5.79. The van der Waals surface area contributed by atoms with E-state index in [1.54, 1.807) is 11.0 Å². The molecule has 2 aromatic carbocycles. The Bertz CT molecular complexity index is 948. The molecule has 1 saturated carbocycles. The van der Waals surface area contributed by atoms with Crippen LogP contribution in [0.4, 0.5) is 0 Å². The molecule has 1 aromatic heterocycles. The zero-order chi connectivity index (χ0) is 20.6. The highest BCUT2D eigenvalue weighted by atomic mass is 16.5. The van der Waals surface area contributed by atoms with E-state index in [-0.39, 0.29) is 0 Å². The quantitative estimate of drug-likeness (QED) is 0.423. The zero-order valence-corrected chi connectivity index (χ0v) is 17.3. The van der Waals surface area contributed by atoms with Crippen molar-refractivity contribution in [1.29, 1.82) is 0 Å². The predicted molar refractivity (Wildman–Crippen MR) is 118 cm³/mol. The molecule has 1 aliphatic rings. The average molecular weight is 405 g/mol. The number of aliphatic imine (C=N–C) groups is 1. The molecule has 7 nitrogen and oxygen atoms in total. The minimum Gasteiger partial charge on any atom is -0.493 e. The van der Waals surface area contributed by atoms with Crippen LogP contribution in [0.5, 0.6) is 5.75 Å². The fraction of sp³-hybridized carbons (Fsp3) is 0.348. The third kappa shape index (κ3) is 5.59. The van der Waals surface area contributed by atoms with Crippen molar-refractivity contribution in [2.24, 2.45) is 10.9 Å². The monoisotopic (exact) mass is 404 g/mol. The van der Waals surface area contributed by atoms with E-state index in [2.05, 4.69) is 45.8 Å². The summed E-state index contributed by atoms with van der Waals surface area (Å²) in [5, 5.41) is 10.9. The number of aromatic nitrogens is 3. The van der Waals surface area contributed by atoms with Gasteiger partial charge in [-0.2, -0.15) is 5.10 Å². The van der Waals surface area contributed by atoms with Crippen LogP contribution in [0.2, 0.25) is 0 Å². The fourth-order valence-electron chi connectivity index (χ4n) is 3.07. The maximum atomic E-state index is 6.01. The Morgan fingerprint density at radius 3 is 2.70 bits per heavy atom. The molecule has 3 aromatic rings. The van der Waals surface area contributed by atoms with Gasteiger partial charge in [-0.3, -0.25) is 0 Å². The molecule has 0 unspecified atom stereocenters. The molecule has 0 amide bonds. The number of para-hydroxylation sites is 1. The molecule has 0 bridgehead atoms. The summed E-state index contributed by atoms with van der Waals surface area (Å²) in [4.78, 5) is 8.70. The summed E-state index contributed by atoms with van der Waals surface area (Å²) in [6.45, 7) is 4.94. The molecule has 0 aliphatic heterocycles. The zero-order valence-electron chi connectivity index (χ0n) is 17.3. The van der Waals surface area contributed by atoms with Gasteiger partial charge < -0.3 is 15.4 Å². The standard InChI is InChI=1S/C23H28N6O/c1-2-25-23(26-13-18-9-11-21(12-10-18)29-17-24-16-28-29)27-14-20-5-3-4-6-22(20)30-15-19-7-8-19/h3-6,9-12,16-17,19H,2,7-8,13-15H2,1H3,(H2,25,26,27). The van der Waals surface area contributed by atoms with E-state index >= 15 is 0 Å². The molecule has 0 saturated heterocycles. The third-order valence-electron chi connectivity index (χ3n) is 4.97. The van der Waals surface area contributed by atoms with Crippen molar-refractivity contribution in [3.05, 3.63) is 72.3 Å². The van der Waals surface area contributed by atoms with Crippen LogP contribution in [0.1, 0.15) is 30.9 Å². The minimum atomic E-state index is 0.590. The molecule has 0 atom stereocenters. The second kappa shape index (κ2) is 9.91. The van der Waals surface area contributed by atoms with Crippen LogP contribution in [0.15, 0.2) is 66.2 Å². The van der Waals surface area contributed by atoms with Gasteiger partial charge in [0.25, 0.3) is 0 Å². The Kier molecular flexibility index (Phi) is 6.59. The number of benzene rings is 2. The summed E-state index contributed by atoms with van der Waals surface area (Å²) in [6, 6.07) is 16.4. The molecular formula is C23H28N6O. The lowest BCUT2D eigenvalue weighted by Gasteiger charge is -2.14. The highest BCUT2D eigenvalue weighted by Gasteiger charge is 2.22. The van der Waals surface area contributed by atoms with Gasteiger partial charge >= 0.3 is 0 Å². The second-order valence-corrected chi connectivity index (χ2v) is 7.42. The highest BCUT2D eigenvalue weighted by molar-refractivity contribution is 5.79. The molecule has 1 aliphatic carbocycles. The Labute approximate surface area is 177 Å². The van der Waals surface area contributed by atoms with Crippen molar-refractivity contribution in [3.63, 3.8) is 0 Å².